The second kappa shape index (κ2) is 5.67. The first-order chi connectivity index (χ1) is 10.3. The van der Waals surface area contributed by atoms with Gasteiger partial charge in [0, 0.05) is 26.2 Å². The Morgan fingerprint density at radius 3 is 2.71 bits per heavy atom. The quantitative estimate of drug-likeness (QED) is 0.776. The molecule has 0 saturated heterocycles. The van der Waals surface area contributed by atoms with E-state index in [0.717, 1.165) is 27.8 Å². The lowest BCUT2D eigenvalue weighted by Gasteiger charge is -2.09. The minimum atomic E-state index is 0.423. The number of nitrogens with zero attached hydrogens (tertiary/aromatic N) is 3. The van der Waals surface area contributed by atoms with Crippen LogP contribution < -0.4 is 5.73 Å². The van der Waals surface area contributed by atoms with Gasteiger partial charge in [0.25, 0.3) is 0 Å². The Hall–Kier alpha value is -2.18. The first-order valence-corrected chi connectivity index (χ1v) is 6.77. The number of para-hydroxylation sites is 1. The first-order valence-electron chi connectivity index (χ1n) is 6.77. The molecule has 110 valence electrons. The number of anilines is 1. The van der Waals surface area contributed by atoms with E-state index < -0.39 is 0 Å². The fourth-order valence-electron chi connectivity index (χ4n) is 2.57. The third-order valence-corrected chi connectivity index (χ3v) is 3.48. The molecule has 3 aromatic rings. The Morgan fingerprint density at radius 2 is 1.95 bits per heavy atom. The number of ether oxygens (including phenoxy) is 2. The summed E-state index contributed by atoms with van der Waals surface area (Å²) in [5, 5.41) is 1.03. The molecule has 0 atom stereocenters. The fraction of sp³-hybridized carbons (Fsp3) is 0.333. The molecule has 0 aliphatic rings. The van der Waals surface area contributed by atoms with Crippen LogP contribution >= 0.6 is 0 Å². The lowest BCUT2D eigenvalue weighted by atomic mass is 10.2. The molecule has 6 heteroatoms. The van der Waals surface area contributed by atoms with Crippen LogP contribution in [0.2, 0.25) is 0 Å². The van der Waals surface area contributed by atoms with Crippen molar-refractivity contribution in [3.8, 4) is 0 Å². The highest BCUT2D eigenvalue weighted by Crippen LogP contribution is 2.28. The number of aromatic nitrogens is 3. The van der Waals surface area contributed by atoms with Gasteiger partial charge in [-0.2, -0.15) is 0 Å². The minimum absolute atomic E-state index is 0.423. The Kier molecular flexibility index (Phi) is 3.72. The van der Waals surface area contributed by atoms with Gasteiger partial charge in [0.2, 0.25) is 0 Å². The molecule has 0 spiro atoms. The smallest absolute Gasteiger partial charge is 0.152 e. The molecule has 2 heterocycles. The van der Waals surface area contributed by atoms with E-state index in [4.69, 9.17) is 15.2 Å². The average molecular weight is 286 g/mol. The fourth-order valence-corrected chi connectivity index (χ4v) is 2.57. The van der Waals surface area contributed by atoms with Crippen LogP contribution in [-0.2, 0) is 22.6 Å². The number of hydrogen-bond donors (Lipinski definition) is 1. The van der Waals surface area contributed by atoms with Gasteiger partial charge in [-0.05, 0) is 6.07 Å². The molecule has 3 rings (SSSR count). The third-order valence-electron chi connectivity index (χ3n) is 3.48. The summed E-state index contributed by atoms with van der Waals surface area (Å²) in [5.74, 6) is 1.27. The van der Waals surface area contributed by atoms with Crippen LogP contribution in [0.25, 0.3) is 21.9 Å². The van der Waals surface area contributed by atoms with Gasteiger partial charge in [-0.25, -0.2) is 9.97 Å². The lowest BCUT2D eigenvalue weighted by molar-refractivity contribution is 0.164. The van der Waals surface area contributed by atoms with Crippen molar-refractivity contribution in [2.24, 2.45) is 0 Å². The van der Waals surface area contributed by atoms with Crippen LogP contribution in [0.4, 0.5) is 5.82 Å². The predicted molar refractivity (Wildman–Crippen MR) is 82.0 cm³/mol. The molecule has 0 radical (unpaired) electrons. The third kappa shape index (κ3) is 2.32. The van der Waals surface area contributed by atoms with Crippen LogP contribution in [0.3, 0.4) is 0 Å². The number of rotatable bonds is 5. The van der Waals surface area contributed by atoms with Crippen molar-refractivity contribution in [2.45, 2.75) is 13.2 Å². The highest BCUT2D eigenvalue weighted by molar-refractivity contribution is 6.06. The largest absolute Gasteiger partial charge is 0.383 e. The molecule has 0 amide bonds. The monoisotopic (exact) mass is 286 g/mol. The van der Waals surface area contributed by atoms with E-state index in [1.165, 1.54) is 0 Å². The van der Waals surface area contributed by atoms with Gasteiger partial charge in [-0.3, -0.25) is 0 Å². The summed E-state index contributed by atoms with van der Waals surface area (Å²) in [6.07, 6.45) is 0. The highest BCUT2D eigenvalue weighted by Gasteiger charge is 2.16. The summed E-state index contributed by atoms with van der Waals surface area (Å²) >= 11 is 0. The van der Waals surface area contributed by atoms with E-state index in [1.807, 2.05) is 24.3 Å². The van der Waals surface area contributed by atoms with Gasteiger partial charge in [-0.1, -0.05) is 18.2 Å². The zero-order valence-corrected chi connectivity index (χ0v) is 12.2. The molecule has 0 unspecified atom stereocenters. The van der Waals surface area contributed by atoms with Gasteiger partial charge in [-0.15, -0.1) is 0 Å². The van der Waals surface area contributed by atoms with Crippen LogP contribution in [0.1, 0.15) is 5.82 Å². The molecule has 21 heavy (non-hydrogen) atoms. The molecule has 2 N–H and O–H groups in total. The minimum Gasteiger partial charge on any atom is -0.383 e. The number of methoxy groups -OCH3 is 2. The van der Waals surface area contributed by atoms with E-state index in [9.17, 15) is 0 Å². The van der Waals surface area contributed by atoms with Crippen LogP contribution in [-0.4, -0.2) is 35.4 Å². The van der Waals surface area contributed by atoms with Crippen LogP contribution in [0.15, 0.2) is 24.3 Å². The van der Waals surface area contributed by atoms with E-state index >= 15 is 0 Å². The number of nitrogens with two attached hydrogens (primary N) is 1. The van der Waals surface area contributed by atoms with Crippen LogP contribution in [0, 0.1) is 0 Å². The summed E-state index contributed by atoms with van der Waals surface area (Å²) in [4.78, 5) is 9.03. The topological polar surface area (TPSA) is 75.2 Å². The molecule has 0 bridgehead atoms. The maximum atomic E-state index is 6.07. The van der Waals surface area contributed by atoms with E-state index in [1.54, 1.807) is 14.2 Å². The Morgan fingerprint density at radius 1 is 1.14 bits per heavy atom. The zero-order valence-electron chi connectivity index (χ0n) is 12.2. The molecular formula is C15H18N4O2. The standard InChI is InChI=1S/C15H18N4O2/c1-20-8-7-19-12(9-21-2)18-13-14(19)10-5-3-4-6-11(10)17-15(13)16/h3-6H,7-9H2,1-2H3,(H2,16,17). The van der Waals surface area contributed by atoms with E-state index in [-0.39, 0.29) is 0 Å². The summed E-state index contributed by atoms with van der Waals surface area (Å²) in [7, 11) is 3.34. The van der Waals surface area contributed by atoms with Crippen molar-refractivity contribution in [1.82, 2.24) is 14.5 Å². The Balaban J connectivity index is 2.34. The SMILES string of the molecule is COCCn1c(COC)nc2c(N)nc3ccccc3c21. The van der Waals surface area contributed by atoms with Gasteiger partial charge < -0.3 is 19.8 Å². The number of hydrogen-bond acceptors (Lipinski definition) is 5. The van der Waals surface area contributed by atoms with Gasteiger partial charge in [0.05, 0.1) is 17.6 Å². The molecular weight excluding hydrogens is 268 g/mol. The molecule has 0 aliphatic carbocycles. The number of nitrogen functional groups attached to an aromatic ring is 1. The molecule has 1 aromatic carbocycles. The van der Waals surface area contributed by atoms with Crippen molar-refractivity contribution in [3.63, 3.8) is 0 Å². The second-order valence-electron chi connectivity index (χ2n) is 4.82. The summed E-state index contributed by atoms with van der Waals surface area (Å²) in [5.41, 5.74) is 8.64. The molecule has 0 saturated carbocycles. The average Bonchev–Trinajstić information content (AvgIpc) is 2.85. The summed E-state index contributed by atoms with van der Waals surface area (Å²) in [6, 6.07) is 7.93. The van der Waals surface area contributed by atoms with Crippen molar-refractivity contribution < 1.29 is 9.47 Å². The molecule has 2 aromatic heterocycles. The van der Waals surface area contributed by atoms with Gasteiger partial charge >= 0.3 is 0 Å². The normalized spacial score (nSPS) is 11.5. The van der Waals surface area contributed by atoms with E-state index in [2.05, 4.69) is 14.5 Å². The number of pyridine rings is 1. The number of benzene rings is 1. The maximum Gasteiger partial charge on any atom is 0.152 e. The molecule has 0 fully saturated rings. The van der Waals surface area contributed by atoms with Crippen molar-refractivity contribution >= 4 is 27.8 Å². The van der Waals surface area contributed by atoms with Crippen LogP contribution in [0.5, 0.6) is 0 Å². The second-order valence-corrected chi connectivity index (χ2v) is 4.82. The van der Waals surface area contributed by atoms with Crippen molar-refractivity contribution in [1.29, 1.82) is 0 Å². The summed E-state index contributed by atoms with van der Waals surface area (Å²) < 4.78 is 12.5. The maximum absolute atomic E-state index is 6.07. The molecule has 6 nitrogen and oxygen atoms in total. The van der Waals surface area contributed by atoms with Crippen molar-refractivity contribution in [3.05, 3.63) is 30.1 Å². The van der Waals surface area contributed by atoms with Gasteiger partial charge in [0.15, 0.2) is 5.82 Å². The Bertz CT molecular complexity index is 782. The molecule has 0 aliphatic heterocycles. The zero-order chi connectivity index (χ0) is 14.8. The van der Waals surface area contributed by atoms with Crippen molar-refractivity contribution in [2.75, 3.05) is 26.6 Å². The predicted octanol–water partition coefficient (Wildman–Crippen LogP) is 1.96. The highest BCUT2D eigenvalue weighted by atomic mass is 16.5. The first kappa shape index (κ1) is 13.8. The Labute approximate surface area is 122 Å². The number of imidazole rings is 1. The lowest BCUT2D eigenvalue weighted by Crippen LogP contribution is -2.09. The van der Waals surface area contributed by atoms with E-state index in [0.29, 0.717) is 25.6 Å². The number of fused-ring (bicyclic) bond motifs is 3. The van der Waals surface area contributed by atoms with Gasteiger partial charge in [0.1, 0.15) is 17.9 Å². The summed E-state index contributed by atoms with van der Waals surface area (Å²) in [6.45, 7) is 1.71.